The summed E-state index contributed by atoms with van der Waals surface area (Å²) in [7, 11) is 0. The van der Waals surface area contributed by atoms with E-state index in [0.717, 1.165) is 36.8 Å². The number of hydrogen-bond donors (Lipinski definition) is 1. The van der Waals surface area contributed by atoms with E-state index in [9.17, 15) is 14.4 Å². The lowest BCUT2D eigenvalue weighted by molar-refractivity contribution is -0.143. The van der Waals surface area contributed by atoms with E-state index in [1.165, 1.54) is 4.90 Å². The standard InChI is InChI=1S/C22H28N4O4/c27-19(18-8-4-14-30-18)25-12-10-24(11-13-25)15-26-20(28)22(23-21(26)29)9-3-6-16-5-1-2-7-17(16)22/h1-2,5,7,18H,3-4,6,8-15H2,(H,23,29)/t18-,22+/m1/s1. The van der Waals surface area contributed by atoms with Gasteiger partial charge in [0.1, 0.15) is 11.6 Å². The third-order valence-corrected chi connectivity index (χ3v) is 6.88. The van der Waals surface area contributed by atoms with Gasteiger partial charge in [0.25, 0.3) is 11.8 Å². The van der Waals surface area contributed by atoms with Crippen molar-refractivity contribution in [2.75, 3.05) is 39.5 Å². The fraction of sp³-hybridized carbons (Fsp3) is 0.591. The van der Waals surface area contributed by atoms with Crippen LogP contribution < -0.4 is 5.32 Å². The van der Waals surface area contributed by atoms with Gasteiger partial charge in [-0.05, 0) is 43.2 Å². The van der Waals surface area contributed by atoms with Gasteiger partial charge in [-0.3, -0.25) is 14.5 Å². The lowest BCUT2D eigenvalue weighted by atomic mass is 9.76. The summed E-state index contributed by atoms with van der Waals surface area (Å²) < 4.78 is 5.51. The van der Waals surface area contributed by atoms with Crippen molar-refractivity contribution in [1.82, 2.24) is 20.0 Å². The molecule has 2 atom stereocenters. The van der Waals surface area contributed by atoms with E-state index in [1.807, 2.05) is 29.2 Å². The Morgan fingerprint density at radius 3 is 2.70 bits per heavy atom. The predicted octanol–water partition coefficient (Wildman–Crippen LogP) is 1.05. The third-order valence-electron chi connectivity index (χ3n) is 6.88. The maximum Gasteiger partial charge on any atom is 0.326 e. The number of fused-ring (bicyclic) bond motifs is 2. The SMILES string of the molecule is O=C([C@H]1CCCO1)N1CCN(CN2C(=O)N[C@]3(CCCc4ccccc43)C2=O)CC1. The molecule has 4 aliphatic rings. The Hall–Kier alpha value is -2.45. The first kappa shape index (κ1) is 19.5. The number of rotatable bonds is 3. The number of benzene rings is 1. The summed E-state index contributed by atoms with van der Waals surface area (Å²) >= 11 is 0. The zero-order valence-electron chi connectivity index (χ0n) is 17.1. The van der Waals surface area contributed by atoms with Crippen LogP contribution in [0, 0.1) is 0 Å². The molecule has 3 fully saturated rings. The minimum Gasteiger partial charge on any atom is -0.368 e. The van der Waals surface area contributed by atoms with Gasteiger partial charge in [0, 0.05) is 32.8 Å². The molecule has 1 aliphatic carbocycles. The number of urea groups is 1. The number of ether oxygens (including phenoxy) is 1. The van der Waals surface area contributed by atoms with Gasteiger partial charge in [-0.2, -0.15) is 0 Å². The molecule has 0 saturated carbocycles. The molecule has 0 bridgehead atoms. The van der Waals surface area contributed by atoms with Crippen molar-refractivity contribution in [3.63, 3.8) is 0 Å². The van der Waals surface area contributed by atoms with E-state index in [0.29, 0.717) is 39.2 Å². The van der Waals surface area contributed by atoms with Crippen LogP contribution in [-0.4, -0.2) is 78.1 Å². The van der Waals surface area contributed by atoms with Crippen LogP contribution >= 0.6 is 0 Å². The Morgan fingerprint density at radius 1 is 1.13 bits per heavy atom. The first-order valence-electron chi connectivity index (χ1n) is 10.9. The van der Waals surface area contributed by atoms with Crippen LogP contribution in [0.2, 0.25) is 0 Å². The van der Waals surface area contributed by atoms with Gasteiger partial charge in [0.2, 0.25) is 0 Å². The van der Waals surface area contributed by atoms with Crippen LogP contribution in [0.3, 0.4) is 0 Å². The molecule has 8 heteroatoms. The molecule has 8 nitrogen and oxygen atoms in total. The molecule has 3 heterocycles. The van der Waals surface area contributed by atoms with E-state index < -0.39 is 5.54 Å². The highest BCUT2D eigenvalue weighted by Crippen LogP contribution is 2.39. The second kappa shape index (κ2) is 7.67. The smallest absolute Gasteiger partial charge is 0.326 e. The maximum absolute atomic E-state index is 13.4. The summed E-state index contributed by atoms with van der Waals surface area (Å²) in [6.45, 7) is 3.38. The molecule has 0 radical (unpaired) electrons. The molecule has 3 aliphatic heterocycles. The number of amides is 4. The monoisotopic (exact) mass is 412 g/mol. The van der Waals surface area contributed by atoms with Crippen LogP contribution in [-0.2, 0) is 26.3 Å². The van der Waals surface area contributed by atoms with Gasteiger partial charge >= 0.3 is 6.03 Å². The second-order valence-corrected chi connectivity index (χ2v) is 8.67. The van der Waals surface area contributed by atoms with Gasteiger partial charge in [0.05, 0.1) is 6.67 Å². The summed E-state index contributed by atoms with van der Waals surface area (Å²) in [5.41, 5.74) is 1.15. The van der Waals surface area contributed by atoms with Crippen molar-refractivity contribution in [2.24, 2.45) is 0 Å². The Morgan fingerprint density at radius 2 is 1.93 bits per heavy atom. The number of hydrogen-bond acceptors (Lipinski definition) is 5. The number of piperazine rings is 1. The average Bonchev–Trinajstić information content (AvgIpc) is 3.38. The quantitative estimate of drug-likeness (QED) is 0.751. The van der Waals surface area contributed by atoms with Gasteiger partial charge in [-0.1, -0.05) is 24.3 Å². The number of carbonyl (C=O) groups excluding carboxylic acids is 3. The largest absolute Gasteiger partial charge is 0.368 e. The zero-order chi connectivity index (χ0) is 20.7. The molecular weight excluding hydrogens is 384 g/mol. The Kier molecular flexibility index (Phi) is 4.99. The molecule has 5 rings (SSSR count). The van der Waals surface area contributed by atoms with Crippen molar-refractivity contribution in [1.29, 1.82) is 0 Å². The first-order valence-corrected chi connectivity index (χ1v) is 10.9. The van der Waals surface area contributed by atoms with E-state index in [2.05, 4.69) is 10.2 Å². The number of nitrogens with one attached hydrogen (secondary N) is 1. The maximum atomic E-state index is 13.4. The van der Waals surface area contributed by atoms with E-state index >= 15 is 0 Å². The van der Waals surface area contributed by atoms with E-state index in [4.69, 9.17) is 4.74 Å². The summed E-state index contributed by atoms with van der Waals surface area (Å²) in [6, 6.07) is 7.59. The van der Waals surface area contributed by atoms with Crippen molar-refractivity contribution in [3.8, 4) is 0 Å². The Labute approximate surface area is 176 Å². The molecule has 160 valence electrons. The van der Waals surface area contributed by atoms with Crippen molar-refractivity contribution in [2.45, 2.75) is 43.7 Å². The fourth-order valence-corrected chi connectivity index (χ4v) is 5.23. The van der Waals surface area contributed by atoms with Crippen LogP contribution in [0.1, 0.15) is 36.8 Å². The van der Waals surface area contributed by atoms with Gasteiger partial charge in [-0.25, -0.2) is 9.69 Å². The highest BCUT2D eigenvalue weighted by atomic mass is 16.5. The molecule has 0 aromatic heterocycles. The molecule has 1 aromatic rings. The van der Waals surface area contributed by atoms with Gasteiger partial charge in [0.15, 0.2) is 0 Å². The molecule has 1 aromatic carbocycles. The minimum atomic E-state index is -0.927. The van der Waals surface area contributed by atoms with E-state index in [1.54, 1.807) is 0 Å². The molecule has 4 amide bonds. The molecule has 1 N–H and O–H groups in total. The predicted molar refractivity (Wildman–Crippen MR) is 108 cm³/mol. The van der Waals surface area contributed by atoms with E-state index in [-0.39, 0.29) is 30.6 Å². The third kappa shape index (κ3) is 3.18. The molecule has 3 saturated heterocycles. The summed E-state index contributed by atoms with van der Waals surface area (Å²) in [6.07, 6.45) is 3.88. The van der Waals surface area contributed by atoms with Gasteiger partial charge < -0.3 is 15.0 Å². The van der Waals surface area contributed by atoms with Crippen LogP contribution in [0.25, 0.3) is 0 Å². The lowest BCUT2D eigenvalue weighted by Gasteiger charge is -2.37. The lowest BCUT2D eigenvalue weighted by Crippen LogP contribution is -2.54. The highest BCUT2D eigenvalue weighted by Gasteiger charge is 2.54. The zero-order valence-corrected chi connectivity index (χ0v) is 17.1. The minimum absolute atomic E-state index is 0.0694. The van der Waals surface area contributed by atoms with Crippen LogP contribution in [0.4, 0.5) is 4.79 Å². The van der Waals surface area contributed by atoms with Crippen molar-refractivity contribution in [3.05, 3.63) is 35.4 Å². The normalized spacial score (nSPS) is 29.4. The Bertz CT molecular complexity index is 860. The van der Waals surface area contributed by atoms with Crippen LogP contribution in [0.5, 0.6) is 0 Å². The topological polar surface area (TPSA) is 82.2 Å². The molecule has 1 spiro atoms. The second-order valence-electron chi connectivity index (χ2n) is 8.67. The number of imide groups is 1. The number of carbonyl (C=O) groups is 3. The summed E-state index contributed by atoms with van der Waals surface area (Å²) in [5.74, 6) is -0.0857. The summed E-state index contributed by atoms with van der Waals surface area (Å²) in [5, 5.41) is 3.01. The molecule has 0 unspecified atom stereocenters. The van der Waals surface area contributed by atoms with Crippen molar-refractivity contribution >= 4 is 17.8 Å². The first-order chi connectivity index (χ1) is 14.6. The van der Waals surface area contributed by atoms with Crippen LogP contribution in [0.15, 0.2) is 24.3 Å². The average molecular weight is 412 g/mol. The molecular formula is C22H28N4O4. The fourth-order valence-electron chi connectivity index (χ4n) is 5.23. The molecule has 30 heavy (non-hydrogen) atoms. The number of nitrogens with zero attached hydrogens (tertiary/aromatic N) is 3. The van der Waals surface area contributed by atoms with Gasteiger partial charge in [-0.15, -0.1) is 0 Å². The highest BCUT2D eigenvalue weighted by molar-refractivity contribution is 6.07. The number of aryl methyl sites for hydroxylation is 1. The Balaban J connectivity index is 1.24. The summed E-state index contributed by atoms with van der Waals surface area (Å²) in [4.78, 5) is 44.0. The van der Waals surface area contributed by atoms with Crippen molar-refractivity contribution < 1.29 is 19.1 Å².